The van der Waals surface area contributed by atoms with Crippen LogP contribution in [0.2, 0.25) is 0 Å². The minimum absolute atomic E-state index is 0.0452. The van der Waals surface area contributed by atoms with E-state index in [1.807, 2.05) is 31.2 Å². The Bertz CT molecular complexity index is 931. The number of nitrogens with zero attached hydrogens (tertiary/aromatic N) is 3. The number of phenols is 2. The summed E-state index contributed by atoms with van der Waals surface area (Å²) in [6.45, 7) is 1.93. The number of hydrogen-bond donors (Lipinski definition) is 3. The number of fused-ring (bicyclic) bond motifs is 1. The maximum absolute atomic E-state index is 12.1. The van der Waals surface area contributed by atoms with Crippen LogP contribution in [0, 0.1) is 6.92 Å². The monoisotopic (exact) mass is 324 g/mol. The lowest BCUT2D eigenvalue weighted by Crippen LogP contribution is -2.23. The first kappa shape index (κ1) is 15.5. The maximum Gasteiger partial charge on any atom is 0.260 e. The zero-order chi connectivity index (χ0) is 17.1. The molecule has 0 aliphatic rings. The molecule has 122 valence electrons. The van der Waals surface area contributed by atoms with E-state index < -0.39 is 0 Å². The normalized spacial score (nSPS) is 11.2. The first-order valence-corrected chi connectivity index (χ1v) is 7.30. The van der Waals surface area contributed by atoms with E-state index in [2.05, 4.69) is 15.5 Å². The van der Waals surface area contributed by atoms with Crippen molar-refractivity contribution >= 4 is 23.2 Å². The summed E-state index contributed by atoms with van der Waals surface area (Å²) < 4.78 is 1.80. The van der Waals surface area contributed by atoms with Gasteiger partial charge in [-0.25, -0.2) is 10.4 Å². The Kier molecular flexibility index (Phi) is 4.15. The topological polar surface area (TPSA) is 99.7 Å². The number of rotatable bonds is 4. The second kappa shape index (κ2) is 6.41. The molecule has 0 spiro atoms. The fraction of sp³-hybridized carbons (Fsp3) is 0.118. The van der Waals surface area contributed by atoms with E-state index in [1.165, 1.54) is 24.4 Å². The van der Waals surface area contributed by atoms with Crippen LogP contribution in [-0.2, 0) is 11.3 Å². The van der Waals surface area contributed by atoms with Crippen LogP contribution < -0.4 is 5.43 Å². The second-order valence-corrected chi connectivity index (χ2v) is 5.27. The van der Waals surface area contributed by atoms with Crippen LogP contribution in [0.15, 0.2) is 47.6 Å². The van der Waals surface area contributed by atoms with Crippen molar-refractivity contribution in [1.29, 1.82) is 0 Å². The standard InChI is InChI=1S/C17H16N4O3/c1-11-19-14-4-2-3-5-15(14)21(11)10-17(24)20-18-9-12-6-7-13(22)8-16(12)23/h2-9,22-23H,10H2,1H3,(H,20,24)/b18-9-. The molecule has 0 aliphatic carbocycles. The molecular weight excluding hydrogens is 308 g/mol. The quantitative estimate of drug-likeness (QED) is 0.504. The number of aryl methyl sites for hydroxylation is 1. The summed E-state index contributed by atoms with van der Waals surface area (Å²) in [5.74, 6) is 0.267. The number of aromatic hydroxyl groups is 2. The molecule has 0 saturated heterocycles. The van der Waals surface area contributed by atoms with Crippen molar-refractivity contribution in [3.63, 3.8) is 0 Å². The van der Waals surface area contributed by atoms with E-state index in [9.17, 15) is 15.0 Å². The van der Waals surface area contributed by atoms with E-state index in [1.54, 1.807) is 4.57 Å². The third kappa shape index (κ3) is 3.19. The molecule has 0 saturated carbocycles. The Morgan fingerprint density at radius 1 is 1.29 bits per heavy atom. The van der Waals surface area contributed by atoms with Gasteiger partial charge < -0.3 is 14.8 Å². The summed E-state index contributed by atoms with van der Waals surface area (Å²) in [6, 6.07) is 11.7. The molecular formula is C17H16N4O3. The first-order chi connectivity index (χ1) is 11.5. The van der Waals surface area contributed by atoms with E-state index in [0.717, 1.165) is 16.9 Å². The van der Waals surface area contributed by atoms with Gasteiger partial charge in [0.2, 0.25) is 0 Å². The Labute approximate surface area is 137 Å². The number of hydrazone groups is 1. The van der Waals surface area contributed by atoms with Crippen molar-refractivity contribution in [1.82, 2.24) is 15.0 Å². The van der Waals surface area contributed by atoms with E-state index in [4.69, 9.17) is 0 Å². The average molecular weight is 324 g/mol. The number of aromatic nitrogens is 2. The average Bonchev–Trinajstić information content (AvgIpc) is 2.85. The molecule has 0 fully saturated rings. The van der Waals surface area contributed by atoms with Gasteiger partial charge in [-0.15, -0.1) is 0 Å². The summed E-state index contributed by atoms with van der Waals surface area (Å²) in [6.07, 6.45) is 1.31. The molecule has 7 nitrogen and oxygen atoms in total. The number of phenolic OH excluding ortho intramolecular Hbond substituents is 2. The van der Waals surface area contributed by atoms with Crippen molar-refractivity contribution in [2.45, 2.75) is 13.5 Å². The summed E-state index contributed by atoms with van der Waals surface area (Å²) in [7, 11) is 0. The largest absolute Gasteiger partial charge is 0.508 e. The van der Waals surface area contributed by atoms with Crippen molar-refractivity contribution < 1.29 is 15.0 Å². The van der Waals surface area contributed by atoms with Crippen LogP contribution in [-0.4, -0.2) is 31.9 Å². The minimum atomic E-state index is -0.309. The van der Waals surface area contributed by atoms with Gasteiger partial charge >= 0.3 is 0 Å². The molecule has 0 radical (unpaired) electrons. The zero-order valence-electron chi connectivity index (χ0n) is 13.0. The third-order valence-corrected chi connectivity index (χ3v) is 3.55. The highest BCUT2D eigenvalue weighted by molar-refractivity contribution is 5.86. The van der Waals surface area contributed by atoms with Gasteiger partial charge in [-0.2, -0.15) is 5.10 Å². The van der Waals surface area contributed by atoms with Crippen LogP contribution in [0.3, 0.4) is 0 Å². The molecule has 7 heteroatoms. The summed E-state index contributed by atoms with van der Waals surface area (Å²) in [5.41, 5.74) is 4.51. The van der Waals surface area contributed by atoms with Gasteiger partial charge in [0, 0.05) is 11.6 Å². The fourth-order valence-electron chi connectivity index (χ4n) is 2.39. The third-order valence-electron chi connectivity index (χ3n) is 3.55. The maximum atomic E-state index is 12.1. The van der Waals surface area contributed by atoms with E-state index in [0.29, 0.717) is 5.56 Å². The van der Waals surface area contributed by atoms with Gasteiger partial charge in [-0.05, 0) is 31.2 Å². The van der Waals surface area contributed by atoms with Crippen molar-refractivity contribution in [3.05, 3.63) is 53.9 Å². The molecule has 3 N–H and O–H groups in total. The molecule has 0 bridgehead atoms. The minimum Gasteiger partial charge on any atom is -0.508 e. The predicted octanol–water partition coefficient (Wildman–Crippen LogP) is 1.91. The van der Waals surface area contributed by atoms with Crippen LogP contribution >= 0.6 is 0 Å². The van der Waals surface area contributed by atoms with Crippen molar-refractivity contribution in [2.24, 2.45) is 5.10 Å². The van der Waals surface area contributed by atoms with Gasteiger partial charge in [0.25, 0.3) is 5.91 Å². The molecule has 3 rings (SSSR count). The van der Waals surface area contributed by atoms with Gasteiger partial charge in [0.15, 0.2) is 0 Å². The number of para-hydroxylation sites is 2. The van der Waals surface area contributed by atoms with Crippen LogP contribution in [0.25, 0.3) is 11.0 Å². The number of benzene rings is 2. The van der Waals surface area contributed by atoms with Crippen LogP contribution in [0.5, 0.6) is 11.5 Å². The molecule has 1 aromatic heterocycles. The number of imidazole rings is 1. The van der Waals surface area contributed by atoms with Crippen LogP contribution in [0.4, 0.5) is 0 Å². The Morgan fingerprint density at radius 2 is 2.08 bits per heavy atom. The smallest absolute Gasteiger partial charge is 0.260 e. The lowest BCUT2D eigenvalue weighted by molar-refractivity contribution is -0.121. The van der Waals surface area contributed by atoms with E-state index >= 15 is 0 Å². The highest BCUT2D eigenvalue weighted by Crippen LogP contribution is 2.20. The van der Waals surface area contributed by atoms with Gasteiger partial charge in [-0.1, -0.05) is 12.1 Å². The summed E-state index contributed by atoms with van der Waals surface area (Å²) in [4.78, 5) is 16.5. The molecule has 2 aromatic carbocycles. The van der Waals surface area contributed by atoms with E-state index in [-0.39, 0.29) is 24.0 Å². The Balaban J connectivity index is 1.69. The van der Waals surface area contributed by atoms with Gasteiger partial charge in [0.05, 0.1) is 17.2 Å². The molecule has 0 atom stereocenters. The Morgan fingerprint density at radius 3 is 2.88 bits per heavy atom. The molecule has 1 amide bonds. The SMILES string of the molecule is Cc1nc2ccccc2n1CC(=O)N/N=C\c1ccc(O)cc1O. The molecule has 3 aromatic rings. The summed E-state index contributed by atoms with van der Waals surface area (Å²) in [5, 5.41) is 22.7. The van der Waals surface area contributed by atoms with Crippen molar-refractivity contribution in [2.75, 3.05) is 0 Å². The molecule has 24 heavy (non-hydrogen) atoms. The van der Waals surface area contributed by atoms with Crippen molar-refractivity contribution in [3.8, 4) is 11.5 Å². The fourth-order valence-corrected chi connectivity index (χ4v) is 2.39. The highest BCUT2D eigenvalue weighted by Gasteiger charge is 2.10. The number of nitrogens with one attached hydrogen (secondary N) is 1. The summed E-state index contributed by atoms with van der Waals surface area (Å²) >= 11 is 0. The highest BCUT2D eigenvalue weighted by atomic mass is 16.3. The first-order valence-electron chi connectivity index (χ1n) is 7.30. The molecule has 0 unspecified atom stereocenters. The number of amides is 1. The van der Waals surface area contributed by atoms with Crippen LogP contribution in [0.1, 0.15) is 11.4 Å². The van der Waals surface area contributed by atoms with Gasteiger partial charge in [0.1, 0.15) is 23.9 Å². The molecule has 1 heterocycles. The number of carbonyl (C=O) groups is 1. The number of hydrogen-bond acceptors (Lipinski definition) is 5. The zero-order valence-corrected chi connectivity index (χ0v) is 13.0. The Hall–Kier alpha value is -3.35. The lowest BCUT2D eigenvalue weighted by Gasteiger charge is -2.05. The lowest BCUT2D eigenvalue weighted by atomic mass is 10.2. The number of carbonyl (C=O) groups excluding carboxylic acids is 1. The second-order valence-electron chi connectivity index (χ2n) is 5.27. The molecule has 0 aliphatic heterocycles. The van der Waals surface area contributed by atoms with Gasteiger partial charge in [-0.3, -0.25) is 4.79 Å². The predicted molar refractivity (Wildman–Crippen MR) is 90.0 cm³/mol.